The maximum absolute atomic E-state index is 11.5. The van der Waals surface area contributed by atoms with E-state index in [9.17, 15) is 14.4 Å². The summed E-state index contributed by atoms with van der Waals surface area (Å²) in [5.41, 5.74) is 5.43. The number of amides is 2. The van der Waals surface area contributed by atoms with Crippen LogP contribution in [0.3, 0.4) is 0 Å². The van der Waals surface area contributed by atoms with Gasteiger partial charge >= 0.3 is 5.97 Å². The standard InChI is InChI=1S/C12H15N3O5/c1-20-9-4-7(2-3-8(9)12(18)19)15-11(17)6-14-10(16)5-13/h2-4H,5-6,13H2,1H3,(H,14,16)(H,15,17)(H,18,19). The van der Waals surface area contributed by atoms with Gasteiger partial charge in [0, 0.05) is 11.8 Å². The van der Waals surface area contributed by atoms with Crippen molar-refractivity contribution in [3.05, 3.63) is 23.8 Å². The highest BCUT2D eigenvalue weighted by atomic mass is 16.5. The molecule has 8 heteroatoms. The van der Waals surface area contributed by atoms with Gasteiger partial charge in [0.1, 0.15) is 11.3 Å². The number of hydrogen-bond acceptors (Lipinski definition) is 5. The molecule has 0 aromatic heterocycles. The number of methoxy groups -OCH3 is 1. The first-order valence-corrected chi connectivity index (χ1v) is 5.66. The molecule has 1 aromatic rings. The molecular formula is C12H15N3O5. The van der Waals surface area contributed by atoms with Crippen LogP contribution in [0.4, 0.5) is 5.69 Å². The molecule has 1 aromatic carbocycles. The lowest BCUT2D eigenvalue weighted by Crippen LogP contribution is -2.36. The van der Waals surface area contributed by atoms with Crippen LogP contribution < -0.4 is 21.1 Å². The number of nitrogens with one attached hydrogen (secondary N) is 2. The number of ether oxygens (including phenoxy) is 1. The highest BCUT2D eigenvalue weighted by Gasteiger charge is 2.12. The van der Waals surface area contributed by atoms with E-state index in [1.165, 1.54) is 25.3 Å². The Morgan fingerprint density at radius 2 is 2.00 bits per heavy atom. The van der Waals surface area contributed by atoms with E-state index < -0.39 is 17.8 Å². The lowest BCUT2D eigenvalue weighted by Gasteiger charge is -2.09. The Morgan fingerprint density at radius 3 is 2.55 bits per heavy atom. The number of carboxylic acid groups (broad SMARTS) is 1. The average Bonchev–Trinajstić information content (AvgIpc) is 2.44. The number of rotatable bonds is 6. The molecule has 8 nitrogen and oxygen atoms in total. The summed E-state index contributed by atoms with van der Waals surface area (Å²) in [5.74, 6) is -1.91. The molecule has 0 unspecified atom stereocenters. The first-order chi connectivity index (χ1) is 9.47. The molecule has 0 atom stereocenters. The van der Waals surface area contributed by atoms with Gasteiger partial charge in [0.25, 0.3) is 0 Å². The summed E-state index contributed by atoms with van der Waals surface area (Å²) in [5, 5.41) is 13.7. The fourth-order valence-electron chi connectivity index (χ4n) is 1.40. The summed E-state index contributed by atoms with van der Waals surface area (Å²) in [6, 6.07) is 4.12. The van der Waals surface area contributed by atoms with Crippen LogP contribution in [0.15, 0.2) is 18.2 Å². The third-order valence-electron chi connectivity index (χ3n) is 2.35. The van der Waals surface area contributed by atoms with Crippen LogP contribution in [0.5, 0.6) is 5.75 Å². The predicted octanol–water partition coefficient (Wildman–Crippen LogP) is -0.593. The zero-order valence-electron chi connectivity index (χ0n) is 10.8. The third kappa shape index (κ3) is 4.25. The molecule has 2 amide bonds. The first kappa shape index (κ1) is 15.4. The van der Waals surface area contributed by atoms with Gasteiger partial charge in [-0.2, -0.15) is 0 Å². The lowest BCUT2D eigenvalue weighted by molar-refractivity contribution is -0.123. The van der Waals surface area contributed by atoms with Crippen molar-refractivity contribution in [2.75, 3.05) is 25.5 Å². The van der Waals surface area contributed by atoms with Crippen molar-refractivity contribution in [2.45, 2.75) is 0 Å². The normalized spacial score (nSPS) is 9.70. The molecule has 0 radical (unpaired) electrons. The van der Waals surface area contributed by atoms with Crippen LogP contribution in [0.1, 0.15) is 10.4 Å². The van der Waals surface area contributed by atoms with Gasteiger partial charge in [-0.05, 0) is 12.1 Å². The number of anilines is 1. The molecule has 0 aliphatic carbocycles. The smallest absolute Gasteiger partial charge is 0.339 e. The van der Waals surface area contributed by atoms with E-state index in [-0.39, 0.29) is 24.4 Å². The second-order valence-corrected chi connectivity index (χ2v) is 3.75. The van der Waals surface area contributed by atoms with Gasteiger partial charge < -0.3 is 26.2 Å². The molecule has 1 rings (SSSR count). The number of aromatic carboxylic acids is 1. The van der Waals surface area contributed by atoms with E-state index in [1.807, 2.05) is 0 Å². The van der Waals surface area contributed by atoms with Crippen molar-refractivity contribution >= 4 is 23.5 Å². The minimum absolute atomic E-state index is 0.0121. The van der Waals surface area contributed by atoms with Gasteiger partial charge in [-0.15, -0.1) is 0 Å². The molecule has 0 saturated carbocycles. The van der Waals surface area contributed by atoms with E-state index in [4.69, 9.17) is 15.6 Å². The van der Waals surface area contributed by atoms with Crippen LogP contribution >= 0.6 is 0 Å². The summed E-state index contributed by atoms with van der Waals surface area (Å²) in [7, 11) is 1.33. The molecule has 0 bridgehead atoms. The van der Waals surface area contributed by atoms with Crippen molar-refractivity contribution in [2.24, 2.45) is 5.73 Å². The Bertz CT molecular complexity index is 530. The van der Waals surface area contributed by atoms with Crippen LogP contribution in [0.2, 0.25) is 0 Å². The van der Waals surface area contributed by atoms with Crippen molar-refractivity contribution in [3.63, 3.8) is 0 Å². The highest BCUT2D eigenvalue weighted by molar-refractivity contribution is 5.96. The summed E-state index contributed by atoms with van der Waals surface area (Å²) in [6.45, 7) is -0.423. The second kappa shape index (κ2) is 7.10. The summed E-state index contributed by atoms with van der Waals surface area (Å²) >= 11 is 0. The molecule has 0 aliphatic heterocycles. The number of carboxylic acids is 1. The highest BCUT2D eigenvalue weighted by Crippen LogP contribution is 2.23. The molecule has 0 fully saturated rings. The number of nitrogens with two attached hydrogens (primary N) is 1. The third-order valence-corrected chi connectivity index (χ3v) is 2.35. The van der Waals surface area contributed by atoms with Gasteiger partial charge in [0.2, 0.25) is 11.8 Å². The van der Waals surface area contributed by atoms with Crippen LogP contribution in [-0.2, 0) is 9.59 Å². The molecule has 0 aliphatic rings. The van der Waals surface area contributed by atoms with E-state index in [1.54, 1.807) is 0 Å². The van der Waals surface area contributed by atoms with Crippen molar-refractivity contribution in [3.8, 4) is 5.75 Å². The zero-order chi connectivity index (χ0) is 15.1. The monoisotopic (exact) mass is 281 g/mol. The average molecular weight is 281 g/mol. The predicted molar refractivity (Wildman–Crippen MR) is 70.6 cm³/mol. The van der Waals surface area contributed by atoms with E-state index >= 15 is 0 Å². The minimum Gasteiger partial charge on any atom is -0.496 e. The van der Waals surface area contributed by atoms with Crippen molar-refractivity contribution < 1.29 is 24.2 Å². The number of hydrogen-bond donors (Lipinski definition) is 4. The zero-order valence-corrected chi connectivity index (χ0v) is 10.8. The topological polar surface area (TPSA) is 131 Å². The molecule has 108 valence electrons. The van der Waals surface area contributed by atoms with E-state index in [0.717, 1.165) is 0 Å². The van der Waals surface area contributed by atoms with Crippen LogP contribution in [-0.4, -0.2) is 43.1 Å². The SMILES string of the molecule is COc1cc(NC(=O)CNC(=O)CN)ccc1C(=O)O. The maximum Gasteiger partial charge on any atom is 0.339 e. The van der Waals surface area contributed by atoms with Gasteiger partial charge in [-0.3, -0.25) is 9.59 Å². The lowest BCUT2D eigenvalue weighted by atomic mass is 10.2. The molecule has 0 spiro atoms. The maximum atomic E-state index is 11.5. The summed E-state index contributed by atoms with van der Waals surface area (Å²) in [4.78, 5) is 33.3. The molecule has 0 saturated heterocycles. The molecular weight excluding hydrogens is 266 g/mol. The van der Waals surface area contributed by atoms with Gasteiger partial charge in [-0.25, -0.2) is 4.79 Å². The van der Waals surface area contributed by atoms with Gasteiger partial charge in [-0.1, -0.05) is 0 Å². The first-order valence-electron chi connectivity index (χ1n) is 5.66. The van der Waals surface area contributed by atoms with Crippen LogP contribution in [0.25, 0.3) is 0 Å². The Balaban J connectivity index is 2.71. The fourth-order valence-corrected chi connectivity index (χ4v) is 1.40. The second-order valence-electron chi connectivity index (χ2n) is 3.75. The largest absolute Gasteiger partial charge is 0.496 e. The molecule has 20 heavy (non-hydrogen) atoms. The summed E-state index contributed by atoms with van der Waals surface area (Å²) < 4.78 is 4.93. The minimum atomic E-state index is -1.13. The molecule has 0 heterocycles. The quantitative estimate of drug-likeness (QED) is 0.551. The fraction of sp³-hybridized carbons (Fsp3) is 0.250. The number of carbonyl (C=O) groups is 3. The number of carbonyl (C=O) groups excluding carboxylic acids is 2. The van der Waals surface area contributed by atoms with Gasteiger partial charge in [0.15, 0.2) is 0 Å². The molecule has 5 N–H and O–H groups in total. The Labute approximate surface area is 114 Å². The Morgan fingerprint density at radius 1 is 1.30 bits per heavy atom. The summed E-state index contributed by atoms with van der Waals surface area (Å²) in [6.07, 6.45) is 0. The number of benzene rings is 1. The van der Waals surface area contributed by atoms with E-state index in [0.29, 0.717) is 5.69 Å². The Kier molecular flexibility index (Phi) is 5.48. The van der Waals surface area contributed by atoms with E-state index in [2.05, 4.69) is 10.6 Å². The van der Waals surface area contributed by atoms with Crippen molar-refractivity contribution in [1.82, 2.24) is 5.32 Å². The van der Waals surface area contributed by atoms with Crippen molar-refractivity contribution in [1.29, 1.82) is 0 Å². The van der Waals surface area contributed by atoms with Gasteiger partial charge in [0.05, 0.1) is 20.2 Å². The van der Waals surface area contributed by atoms with Crippen LogP contribution in [0, 0.1) is 0 Å². The Hall–Kier alpha value is -2.61.